The number of nitrogens with zero attached hydrogens (tertiary/aromatic N) is 1. The molecule has 2 atom stereocenters. The van der Waals surface area contributed by atoms with Crippen molar-refractivity contribution in [1.29, 1.82) is 0 Å². The van der Waals surface area contributed by atoms with Gasteiger partial charge in [-0.05, 0) is 70.0 Å². The number of amides is 1. The van der Waals surface area contributed by atoms with Gasteiger partial charge in [0.2, 0.25) is 0 Å². The third kappa shape index (κ3) is 5.58. The van der Waals surface area contributed by atoms with Crippen LogP contribution in [0.5, 0.6) is 5.75 Å². The molecule has 1 heterocycles. The monoisotopic (exact) mass is 426 g/mol. The van der Waals surface area contributed by atoms with Crippen molar-refractivity contribution in [2.75, 3.05) is 25.0 Å². The number of nitrogens with one attached hydrogen (secondary N) is 1. The first-order valence-electron chi connectivity index (χ1n) is 10.3. The fourth-order valence-corrected chi connectivity index (χ4v) is 4.21. The van der Waals surface area contributed by atoms with E-state index in [0.29, 0.717) is 5.75 Å². The topological polar surface area (TPSA) is 50.8 Å². The number of thiocarbonyl (C=S) groups is 1. The maximum atomic E-state index is 12.3. The molecule has 6 heteroatoms. The fourth-order valence-electron chi connectivity index (χ4n) is 3.92. The van der Waals surface area contributed by atoms with Crippen molar-refractivity contribution in [1.82, 2.24) is 4.90 Å². The average Bonchev–Trinajstić information content (AvgIpc) is 2.68. The summed E-state index contributed by atoms with van der Waals surface area (Å²) in [5.41, 5.74) is 5.09. The maximum Gasteiger partial charge on any atom is 0.262 e. The Labute approximate surface area is 184 Å². The van der Waals surface area contributed by atoms with E-state index in [1.807, 2.05) is 45.0 Å². The lowest BCUT2D eigenvalue weighted by Gasteiger charge is -2.37. The molecule has 5 nitrogen and oxygen atoms in total. The smallest absolute Gasteiger partial charge is 0.262 e. The third-order valence-corrected chi connectivity index (χ3v) is 5.61. The predicted octanol–water partition coefficient (Wildman–Crippen LogP) is 4.41. The van der Waals surface area contributed by atoms with Crippen molar-refractivity contribution < 1.29 is 14.3 Å². The molecule has 160 valence electrons. The highest BCUT2D eigenvalue weighted by Gasteiger charge is 2.24. The Morgan fingerprint density at radius 1 is 1.10 bits per heavy atom. The van der Waals surface area contributed by atoms with Crippen LogP contribution in [-0.2, 0) is 9.53 Å². The van der Waals surface area contributed by atoms with Gasteiger partial charge in [0.25, 0.3) is 5.91 Å². The molecule has 3 rings (SSSR count). The Hall–Kier alpha value is -2.44. The first-order chi connectivity index (χ1) is 14.2. The molecule has 1 aliphatic heterocycles. The molecule has 1 saturated heterocycles. The van der Waals surface area contributed by atoms with Crippen LogP contribution in [0.4, 0.5) is 5.69 Å². The lowest BCUT2D eigenvalue weighted by Crippen LogP contribution is -2.47. The van der Waals surface area contributed by atoms with Crippen molar-refractivity contribution in [3.05, 3.63) is 58.7 Å². The largest absolute Gasteiger partial charge is 0.484 e. The van der Waals surface area contributed by atoms with E-state index in [-0.39, 0.29) is 24.7 Å². The molecule has 0 aliphatic carbocycles. The number of hydrogen-bond donors (Lipinski definition) is 1. The van der Waals surface area contributed by atoms with Crippen LogP contribution >= 0.6 is 12.2 Å². The summed E-state index contributed by atoms with van der Waals surface area (Å²) in [5.74, 6) is 0.457. The van der Waals surface area contributed by atoms with Crippen molar-refractivity contribution >= 4 is 28.8 Å². The summed E-state index contributed by atoms with van der Waals surface area (Å²) in [5, 5.41) is 2.95. The van der Waals surface area contributed by atoms with Crippen LogP contribution in [0.3, 0.4) is 0 Å². The zero-order valence-corrected chi connectivity index (χ0v) is 19.1. The Balaban J connectivity index is 1.56. The summed E-state index contributed by atoms with van der Waals surface area (Å²) in [6, 6.07) is 11.7. The first-order valence-corrected chi connectivity index (χ1v) is 10.7. The zero-order chi connectivity index (χ0) is 21.8. The zero-order valence-electron chi connectivity index (χ0n) is 18.3. The standard InChI is InChI=1S/C24H30N2O3S/c1-15-10-16(2)23(17(3)11-15)25-22(27)14-28-21-8-6-20(7-9-21)24(30)26-12-18(4)29-19(5)13-26/h6-11,18-19H,12-14H2,1-5H3,(H,25,27)/t18-,19+. The molecule has 0 saturated carbocycles. The molecule has 1 N–H and O–H groups in total. The lowest BCUT2D eigenvalue weighted by atomic mass is 10.1. The Morgan fingerprint density at radius 2 is 1.67 bits per heavy atom. The van der Waals surface area contributed by atoms with Crippen LogP contribution in [0, 0.1) is 20.8 Å². The van der Waals surface area contributed by atoms with Crippen LogP contribution in [0.2, 0.25) is 0 Å². The first kappa shape index (κ1) is 22.2. The quantitative estimate of drug-likeness (QED) is 0.718. The number of rotatable bonds is 5. The van der Waals surface area contributed by atoms with Gasteiger partial charge in [0, 0.05) is 24.3 Å². The number of hydrogen-bond acceptors (Lipinski definition) is 4. The second kappa shape index (κ2) is 9.58. The highest BCUT2D eigenvalue weighted by Crippen LogP contribution is 2.22. The van der Waals surface area contributed by atoms with Crippen LogP contribution in [0.25, 0.3) is 0 Å². The number of anilines is 1. The van der Waals surface area contributed by atoms with E-state index in [4.69, 9.17) is 21.7 Å². The Bertz CT molecular complexity index is 894. The number of benzene rings is 2. The number of carbonyl (C=O) groups is 1. The molecule has 0 spiro atoms. The summed E-state index contributed by atoms with van der Waals surface area (Å²) >= 11 is 5.67. The molecule has 1 aliphatic rings. The average molecular weight is 427 g/mol. The second-order valence-corrected chi connectivity index (χ2v) is 8.49. The van der Waals surface area contributed by atoms with Gasteiger partial charge in [0.05, 0.1) is 12.2 Å². The molecule has 2 aromatic rings. The minimum absolute atomic E-state index is 0.0466. The molecule has 1 fully saturated rings. The third-order valence-electron chi connectivity index (χ3n) is 5.12. The highest BCUT2D eigenvalue weighted by molar-refractivity contribution is 7.80. The van der Waals surface area contributed by atoms with Crippen LogP contribution in [0.1, 0.15) is 36.1 Å². The van der Waals surface area contributed by atoms with Gasteiger partial charge >= 0.3 is 0 Å². The summed E-state index contributed by atoms with van der Waals surface area (Å²) < 4.78 is 11.4. The maximum absolute atomic E-state index is 12.3. The van der Waals surface area contributed by atoms with Gasteiger partial charge in [0.15, 0.2) is 6.61 Å². The number of carbonyl (C=O) groups excluding carboxylic acids is 1. The van der Waals surface area contributed by atoms with Gasteiger partial charge in [0.1, 0.15) is 10.7 Å². The van der Waals surface area contributed by atoms with Gasteiger partial charge in [-0.25, -0.2) is 0 Å². The van der Waals surface area contributed by atoms with Crippen molar-refractivity contribution in [2.24, 2.45) is 0 Å². The van der Waals surface area contributed by atoms with E-state index in [2.05, 4.69) is 36.2 Å². The van der Waals surface area contributed by atoms with Crippen LogP contribution in [0.15, 0.2) is 36.4 Å². The predicted molar refractivity (Wildman–Crippen MR) is 125 cm³/mol. The number of morpholine rings is 1. The SMILES string of the molecule is Cc1cc(C)c(NC(=O)COc2ccc(C(=S)N3C[C@@H](C)O[C@@H](C)C3)cc2)c(C)c1. The van der Waals surface area contributed by atoms with E-state index >= 15 is 0 Å². The minimum atomic E-state index is -0.180. The molecule has 30 heavy (non-hydrogen) atoms. The molecule has 1 amide bonds. The van der Waals surface area contributed by atoms with Gasteiger partial charge in [-0.2, -0.15) is 0 Å². The molecule has 0 radical (unpaired) electrons. The van der Waals surface area contributed by atoms with Crippen molar-refractivity contribution in [3.8, 4) is 5.75 Å². The second-order valence-electron chi connectivity index (χ2n) is 8.10. The molecular weight excluding hydrogens is 396 g/mol. The van der Waals surface area contributed by atoms with Gasteiger partial charge in [-0.15, -0.1) is 0 Å². The van der Waals surface area contributed by atoms with Gasteiger partial charge < -0.3 is 19.7 Å². The summed E-state index contributed by atoms with van der Waals surface area (Å²) in [4.78, 5) is 15.3. The van der Waals surface area contributed by atoms with E-state index in [0.717, 1.165) is 40.5 Å². The number of aryl methyl sites for hydroxylation is 3. The normalized spacial score (nSPS) is 18.8. The molecule has 0 bridgehead atoms. The van der Waals surface area contributed by atoms with Crippen molar-refractivity contribution in [2.45, 2.75) is 46.8 Å². The number of ether oxygens (including phenoxy) is 2. The summed E-state index contributed by atoms with van der Waals surface area (Å²) in [6.07, 6.45) is 0.322. The Kier molecular flexibility index (Phi) is 7.10. The summed E-state index contributed by atoms with van der Waals surface area (Å²) in [7, 11) is 0. The van der Waals surface area contributed by atoms with Gasteiger partial charge in [-0.3, -0.25) is 4.79 Å². The molecule has 0 aromatic heterocycles. The van der Waals surface area contributed by atoms with Crippen LogP contribution in [-0.4, -0.2) is 47.7 Å². The van der Waals surface area contributed by atoms with E-state index in [1.165, 1.54) is 5.56 Å². The van der Waals surface area contributed by atoms with Crippen LogP contribution < -0.4 is 10.1 Å². The van der Waals surface area contributed by atoms with E-state index in [1.54, 1.807) is 0 Å². The molecule has 2 aromatic carbocycles. The van der Waals surface area contributed by atoms with Crippen molar-refractivity contribution in [3.63, 3.8) is 0 Å². The molecular formula is C24H30N2O3S. The molecule has 0 unspecified atom stereocenters. The highest BCUT2D eigenvalue weighted by atomic mass is 32.1. The van der Waals surface area contributed by atoms with E-state index in [9.17, 15) is 4.79 Å². The minimum Gasteiger partial charge on any atom is -0.484 e. The van der Waals surface area contributed by atoms with Gasteiger partial charge in [-0.1, -0.05) is 29.9 Å². The summed E-state index contributed by atoms with van der Waals surface area (Å²) in [6.45, 7) is 11.7. The van der Waals surface area contributed by atoms with E-state index < -0.39 is 0 Å². The lowest BCUT2D eigenvalue weighted by molar-refractivity contribution is -0.118. The fraction of sp³-hybridized carbons (Fsp3) is 0.417. The Morgan fingerprint density at radius 3 is 2.23 bits per heavy atom.